The number of likely N-dealkylation sites (N-methyl/N-ethyl adjacent to an activating group) is 1. The van der Waals surface area contributed by atoms with Crippen LogP contribution in [0.2, 0.25) is 0 Å². The second-order valence-electron chi connectivity index (χ2n) is 2.82. The summed E-state index contributed by atoms with van der Waals surface area (Å²) >= 11 is 0. The van der Waals surface area contributed by atoms with Crippen LogP contribution in [0.4, 0.5) is 0 Å². The molecule has 0 fully saturated rings. The van der Waals surface area contributed by atoms with Gasteiger partial charge < -0.3 is 0 Å². The number of nitriles is 1. The molecular formula is C9H16N2. The Balaban J connectivity index is 3.79. The fraction of sp³-hybridized carbons (Fsp3) is 0.667. The van der Waals surface area contributed by atoms with Gasteiger partial charge in [-0.25, -0.2) is 0 Å². The average Bonchev–Trinajstić information content (AvgIpc) is 2.02. The lowest BCUT2D eigenvalue weighted by Crippen LogP contribution is -2.29. The van der Waals surface area contributed by atoms with Crippen molar-refractivity contribution in [3.8, 4) is 6.07 Å². The van der Waals surface area contributed by atoms with Crippen LogP contribution in [-0.4, -0.2) is 24.5 Å². The molecule has 0 saturated carbocycles. The van der Waals surface area contributed by atoms with Gasteiger partial charge in [-0.05, 0) is 20.4 Å². The molecule has 0 radical (unpaired) electrons. The van der Waals surface area contributed by atoms with Crippen molar-refractivity contribution in [2.45, 2.75) is 26.3 Å². The van der Waals surface area contributed by atoms with Gasteiger partial charge in [0.1, 0.15) is 0 Å². The molecule has 2 nitrogen and oxygen atoms in total. The standard InChI is InChI=1S/C9H16N2/c1-5-8(2)7-11(4)9(3)6-10/h9H,2,5,7H2,1,3-4H3. The van der Waals surface area contributed by atoms with E-state index in [-0.39, 0.29) is 6.04 Å². The first kappa shape index (κ1) is 10.2. The van der Waals surface area contributed by atoms with Crippen LogP contribution in [0, 0.1) is 11.3 Å². The summed E-state index contributed by atoms with van der Waals surface area (Å²) in [6.45, 7) is 8.67. The maximum absolute atomic E-state index is 8.57. The van der Waals surface area contributed by atoms with E-state index in [9.17, 15) is 0 Å². The van der Waals surface area contributed by atoms with Crippen LogP contribution in [0.15, 0.2) is 12.2 Å². The topological polar surface area (TPSA) is 27.0 Å². The average molecular weight is 152 g/mol. The minimum Gasteiger partial charge on any atom is -0.287 e. The Kier molecular flexibility index (Phi) is 4.56. The summed E-state index contributed by atoms with van der Waals surface area (Å²) < 4.78 is 0. The predicted molar refractivity (Wildman–Crippen MR) is 47.1 cm³/mol. The summed E-state index contributed by atoms with van der Waals surface area (Å²) in [5, 5.41) is 8.57. The number of rotatable bonds is 4. The molecule has 0 aliphatic heterocycles. The number of hydrogen-bond acceptors (Lipinski definition) is 2. The Hall–Kier alpha value is -0.810. The molecule has 2 heteroatoms. The zero-order chi connectivity index (χ0) is 8.85. The summed E-state index contributed by atoms with van der Waals surface area (Å²) in [6, 6.07) is 2.16. The second kappa shape index (κ2) is 4.92. The van der Waals surface area contributed by atoms with E-state index in [1.165, 1.54) is 5.57 Å². The van der Waals surface area contributed by atoms with Gasteiger partial charge in [0.2, 0.25) is 0 Å². The first-order chi connectivity index (χ1) is 5.11. The van der Waals surface area contributed by atoms with E-state index < -0.39 is 0 Å². The first-order valence-corrected chi connectivity index (χ1v) is 3.88. The Labute approximate surface area is 69.1 Å². The van der Waals surface area contributed by atoms with E-state index >= 15 is 0 Å². The number of nitrogens with zero attached hydrogens (tertiary/aromatic N) is 2. The molecule has 0 bridgehead atoms. The van der Waals surface area contributed by atoms with E-state index in [2.05, 4.69) is 19.6 Å². The minimum absolute atomic E-state index is 0.0155. The Bertz CT molecular complexity index is 167. The van der Waals surface area contributed by atoms with Crippen LogP contribution in [0.25, 0.3) is 0 Å². The molecule has 0 aromatic heterocycles. The molecule has 62 valence electrons. The molecule has 0 spiro atoms. The molecule has 0 N–H and O–H groups in total. The lowest BCUT2D eigenvalue weighted by atomic mass is 10.2. The summed E-state index contributed by atoms with van der Waals surface area (Å²) in [5.74, 6) is 0. The maximum atomic E-state index is 8.57. The molecule has 0 amide bonds. The second-order valence-corrected chi connectivity index (χ2v) is 2.82. The van der Waals surface area contributed by atoms with Crippen LogP contribution in [0.1, 0.15) is 20.3 Å². The van der Waals surface area contributed by atoms with Gasteiger partial charge in [0.25, 0.3) is 0 Å². The quantitative estimate of drug-likeness (QED) is 0.574. The van der Waals surface area contributed by atoms with E-state index in [1.54, 1.807) is 0 Å². The molecule has 1 atom stereocenters. The van der Waals surface area contributed by atoms with Crippen LogP contribution in [-0.2, 0) is 0 Å². The first-order valence-electron chi connectivity index (χ1n) is 3.88. The highest BCUT2D eigenvalue weighted by Crippen LogP contribution is 2.01. The van der Waals surface area contributed by atoms with Crippen LogP contribution in [0.5, 0.6) is 0 Å². The molecule has 0 heterocycles. The Morgan fingerprint density at radius 1 is 1.73 bits per heavy atom. The van der Waals surface area contributed by atoms with Gasteiger partial charge in [-0.15, -0.1) is 0 Å². The normalized spacial score (nSPS) is 12.6. The lowest BCUT2D eigenvalue weighted by Gasteiger charge is -2.19. The maximum Gasteiger partial charge on any atom is 0.0949 e. The van der Waals surface area contributed by atoms with Crippen LogP contribution < -0.4 is 0 Å². The summed E-state index contributed by atoms with van der Waals surface area (Å²) in [4.78, 5) is 1.99. The predicted octanol–water partition coefficient (Wildman–Crippen LogP) is 1.80. The number of hydrogen-bond donors (Lipinski definition) is 0. The van der Waals surface area contributed by atoms with Crippen molar-refractivity contribution in [1.82, 2.24) is 4.90 Å². The zero-order valence-electron chi connectivity index (χ0n) is 7.59. The largest absolute Gasteiger partial charge is 0.287 e. The van der Waals surface area contributed by atoms with Crippen LogP contribution in [0.3, 0.4) is 0 Å². The zero-order valence-corrected chi connectivity index (χ0v) is 7.59. The summed E-state index contributed by atoms with van der Waals surface area (Å²) in [7, 11) is 1.94. The monoisotopic (exact) mass is 152 g/mol. The SMILES string of the molecule is C=C(CC)CN(C)C(C)C#N. The Morgan fingerprint density at radius 2 is 2.27 bits per heavy atom. The van der Waals surface area contributed by atoms with Crippen molar-refractivity contribution >= 4 is 0 Å². The smallest absolute Gasteiger partial charge is 0.0949 e. The highest BCUT2D eigenvalue weighted by molar-refractivity contribution is 4.98. The van der Waals surface area contributed by atoms with Crippen molar-refractivity contribution in [2.75, 3.05) is 13.6 Å². The highest BCUT2D eigenvalue weighted by Gasteiger charge is 2.06. The van der Waals surface area contributed by atoms with Gasteiger partial charge in [-0.1, -0.05) is 19.1 Å². The van der Waals surface area contributed by atoms with Crippen molar-refractivity contribution < 1.29 is 0 Å². The molecule has 11 heavy (non-hydrogen) atoms. The van der Waals surface area contributed by atoms with Crippen LogP contribution >= 0.6 is 0 Å². The summed E-state index contributed by atoms with van der Waals surface area (Å²) in [5.41, 5.74) is 1.18. The van der Waals surface area contributed by atoms with Crippen molar-refractivity contribution in [2.24, 2.45) is 0 Å². The molecular weight excluding hydrogens is 136 g/mol. The van der Waals surface area contributed by atoms with Gasteiger partial charge in [0.05, 0.1) is 12.1 Å². The molecule has 0 aromatic carbocycles. The van der Waals surface area contributed by atoms with Gasteiger partial charge >= 0.3 is 0 Å². The van der Waals surface area contributed by atoms with Crippen molar-refractivity contribution in [3.63, 3.8) is 0 Å². The van der Waals surface area contributed by atoms with Gasteiger partial charge in [0, 0.05) is 6.54 Å². The van der Waals surface area contributed by atoms with E-state index in [0.29, 0.717) is 0 Å². The third-order valence-corrected chi connectivity index (χ3v) is 1.82. The van der Waals surface area contributed by atoms with Gasteiger partial charge in [-0.2, -0.15) is 5.26 Å². The molecule has 0 aromatic rings. The van der Waals surface area contributed by atoms with E-state index in [1.807, 2.05) is 18.9 Å². The fourth-order valence-electron chi connectivity index (χ4n) is 0.700. The third-order valence-electron chi connectivity index (χ3n) is 1.82. The Morgan fingerprint density at radius 3 is 2.64 bits per heavy atom. The molecule has 0 saturated heterocycles. The summed E-state index contributed by atoms with van der Waals surface area (Å²) in [6.07, 6.45) is 0.989. The molecule has 0 aliphatic rings. The lowest BCUT2D eigenvalue weighted by molar-refractivity contribution is 0.326. The van der Waals surface area contributed by atoms with Gasteiger partial charge in [-0.3, -0.25) is 4.90 Å². The molecule has 1 unspecified atom stereocenters. The van der Waals surface area contributed by atoms with E-state index in [0.717, 1.165) is 13.0 Å². The molecule has 0 rings (SSSR count). The van der Waals surface area contributed by atoms with Gasteiger partial charge in [0.15, 0.2) is 0 Å². The van der Waals surface area contributed by atoms with Crippen molar-refractivity contribution in [3.05, 3.63) is 12.2 Å². The fourth-order valence-corrected chi connectivity index (χ4v) is 0.700. The molecule has 0 aliphatic carbocycles. The van der Waals surface area contributed by atoms with Crippen molar-refractivity contribution in [1.29, 1.82) is 5.26 Å². The minimum atomic E-state index is -0.0155. The van der Waals surface area contributed by atoms with E-state index in [4.69, 9.17) is 5.26 Å². The third kappa shape index (κ3) is 3.79. The highest BCUT2D eigenvalue weighted by atomic mass is 15.1.